The molecule has 2 aromatic heterocycles. The Morgan fingerprint density at radius 2 is 1.89 bits per heavy atom. The van der Waals surface area contributed by atoms with E-state index in [2.05, 4.69) is 16.4 Å². The van der Waals surface area contributed by atoms with Crippen LogP contribution in [0.15, 0.2) is 95.0 Å². The number of aromatic nitrogens is 3. The van der Waals surface area contributed by atoms with Gasteiger partial charge in [-0.05, 0) is 47.5 Å². The molecule has 0 radical (unpaired) electrons. The molecule has 9 heteroatoms. The highest BCUT2D eigenvalue weighted by atomic mass is 32.2. The minimum absolute atomic E-state index is 0.0428. The van der Waals surface area contributed by atoms with Gasteiger partial charge in [0, 0.05) is 17.4 Å². The van der Waals surface area contributed by atoms with Crippen molar-refractivity contribution in [2.75, 3.05) is 18.2 Å². The van der Waals surface area contributed by atoms with Gasteiger partial charge in [-0.15, -0.1) is 0 Å². The van der Waals surface area contributed by atoms with Gasteiger partial charge in [-0.1, -0.05) is 54.2 Å². The van der Waals surface area contributed by atoms with Crippen LogP contribution >= 0.6 is 11.8 Å². The van der Waals surface area contributed by atoms with Crippen molar-refractivity contribution < 1.29 is 9.53 Å². The number of carbonyl (C=O) groups is 1. The first kappa shape index (κ1) is 24.9. The highest BCUT2D eigenvalue weighted by Crippen LogP contribution is 2.28. The largest absolute Gasteiger partial charge is 0.497 e. The second-order valence-corrected chi connectivity index (χ2v) is 9.40. The maximum Gasteiger partial charge on any atom is 0.278 e. The van der Waals surface area contributed by atoms with Gasteiger partial charge >= 0.3 is 0 Å². The van der Waals surface area contributed by atoms with Crippen LogP contribution in [0.2, 0.25) is 0 Å². The first-order valence-corrected chi connectivity index (χ1v) is 12.8. The lowest BCUT2D eigenvalue weighted by Gasteiger charge is -2.13. The highest BCUT2D eigenvalue weighted by molar-refractivity contribution is 7.99. The molecular weight excluding hydrogens is 498 g/mol. The normalized spacial score (nSPS) is 10.7. The Kier molecular flexibility index (Phi) is 7.24. The lowest BCUT2D eigenvalue weighted by molar-refractivity contribution is -0.113. The van der Waals surface area contributed by atoms with Crippen LogP contribution in [-0.4, -0.2) is 33.3 Å². The predicted octanol–water partition coefficient (Wildman–Crippen LogP) is 5.05. The van der Waals surface area contributed by atoms with Crippen molar-refractivity contribution in [2.45, 2.75) is 11.7 Å². The number of hydrogen-bond acceptors (Lipinski definition) is 6. The Morgan fingerprint density at radius 1 is 1.11 bits per heavy atom. The molecule has 5 aromatic rings. The third-order valence-electron chi connectivity index (χ3n) is 5.94. The fourth-order valence-corrected chi connectivity index (χ4v) is 4.86. The van der Waals surface area contributed by atoms with Gasteiger partial charge in [0.15, 0.2) is 5.16 Å². The van der Waals surface area contributed by atoms with Crippen LogP contribution in [0.4, 0.5) is 5.69 Å². The van der Waals surface area contributed by atoms with Crippen LogP contribution in [0, 0.1) is 11.3 Å². The fraction of sp³-hybridized carbons (Fsp3) is 0.103. The van der Waals surface area contributed by atoms with Gasteiger partial charge in [0.05, 0.1) is 31.0 Å². The Bertz CT molecular complexity index is 1700. The second kappa shape index (κ2) is 11.1. The summed E-state index contributed by atoms with van der Waals surface area (Å²) in [7, 11) is 1.59. The molecule has 0 saturated carbocycles. The van der Waals surface area contributed by atoms with E-state index < -0.39 is 0 Å². The molecule has 2 heterocycles. The molecule has 0 spiro atoms. The van der Waals surface area contributed by atoms with E-state index in [4.69, 9.17) is 15.0 Å². The van der Waals surface area contributed by atoms with Gasteiger partial charge < -0.3 is 15.0 Å². The monoisotopic (exact) mass is 521 g/mol. The molecule has 1 amide bonds. The van der Waals surface area contributed by atoms with Crippen LogP contribution in [0.3, 0.4) is 0 Å². The van der Waals surface area contributed by atoms with Crippen molar-refractivity contribution in [3.8, 4) is 22.9 Å². The zero-order chi connectivity index (χ0) is 26.5. The van der Waals surface area contributed by atoms with Gasteiger partial charge in [0.25, 0.3) is 5.56 Å². The number of nitrogens with one attached hydrogen (secondary N) is 2. The van der Waals surface area contributed by atoms with Crippen LogP contribution in [0.5, 0.6) is 5.75 Å². The highest BCUT2D eigenvalue weighted by Gasteiger charge is 2.18. The number of ether oxygens (including phenoxy) is 1. The average Bonchev–Trinajstić information content (AvgIpc) is 3.39. The van der Waals surface area contributed by atoms with Crippen molar-refractivity contribution in [2.24, 2.45) is 0 Å². The molecule has 5 rings (SSSR count). The molecule has 2 N–H and O–H groups in total. The number of amides is 1. The summed E-state index contributed by atoms with van der Waals surface area (Å²) >= 11 is 1.19. The summed E-state index contributed by atoms with van der Waals surface area (Å²) in [6.07, 6.45) is 1.79. The molecule has 3 aromatic carbocycles. The van der Waals surface area contributed by atoms with Gasteiger partial charge in [-0.25, -0.2) is 4.98 Å². The lowest BCUT2D eigenvalue weighted by Crippen LogP contribution is -2.25. The lowest BCUT2D eigenvalue weighted by atomic mass is 10.1. The van der Waals surface area contributed by atoms with Crippen molar-refractivity contribution >= 4 is 34.4 Å². The number of H-pyrrole nitrogens is 1. The molecule has 8 nitrogen and oxygen atoms in total. The van der Waals surface area contributed by atoms with Crippen LogP contribution < -0.4 is 15.6 Å². The summed E-state index contributed by atoms with van der Waals surface area (Å²) in [6.45, 7) is 0.262. The zero-order valence-electron chi connectivity index (χ0n) is 20.5. The number of nitrogens with zero attached hydrogens (tertiary/aromatic N) is 3. The Hall–Kier alpha value is -4.81. The number of rotatable bonds is 8. The molecule has 0 unspecified atom stereocenters. The Labute approximate surface area is 222 Å². The molecule has 0 atom stereocenters. The average molecular weight is 522 g/mol. The van der Waals surface area contributed by atoms with Crippen LogP contribution in [0.25, 0.3) is 22.2 Å². The van der Waals surface area contributed by atoms with Crippen LogP contribution in [-0.2, 0) is 11.3 Å². The van der Waals surface area contributed by atoms with Gasteiger partial charge in [-0.3, -0.25) is 14.2 Å². The maximum atomic E-state index is 13.7. The maximum absolute atomic E-state index is 13.7. The number of fused-ring (bicyclic) bond motifs is 1. The first-order chi connectivity index (χ1) is 18.6. The topological polar surface area (TPSA) is 113 Å². The predicted molar refractivity (Wildman–Crippen MR) is 148 cm³/mol. The Morgan fingerprint density at radius 3 is 2.63 bits per heavy atom. The van der Waals surface area contributed by atoms with Crippen LogP contribution in [0.1, 0.15) is 11.1 Å². The van der Waals surface area contributed by atoms with Gasteiger partial charge in [-0.2, -0.15) is 5.26 Å². The van der Waals surface area contributed by atoms with Crippen molar-refractivity contribution in [1.29, 1.82) is 5.26 Å². The van der Waals surface area contributed by atoms with Crippen molar-refractivity contribution in [3.05, 3.63) is 107 Å². The number of anilines is 1. The molecule has 0 aliphatic rings. The van der Waals surface area contributed by atoms with E-state index in [1.807, 2.05) is 54.6 Å². The number of benzene rings is 3. The standard InChI is InChI=1S/C29H23N5O3S/c1-37-23-9-5-6-20(14-23)17-34-28(36)27-26(24(16-31-27)21-7-3-2-4-8-21)33-29(34)38-18-25(35)32-22-12-10-19(15-30)11-13-22/h2-14,16,31H,17-18H2,1H3,(H,32,35). The van der Waals surface area contributed by atoms with E-state index in [9.17, 15) is 9.59 Å². The number of nitriles is 1. The smallest absolute Gasteiger partial charge is 0.278 e. The quantitative estimate of drug-likeness (QED) is 0.218. The van der Waals surface area contributed by atoms with E-state index in [0.717, 1.165) is 16.7 Å². The summed E-state index contributed by atoms with van der Waals surface area (Å²) in [5, 5.41) is 12.2. The van der Waals surface area contributed by atoms with E-state index >= 15 is 0 Å². The minimum Gasteiger partial charge on any atom is -0.497 e. The second-order valence-electron chi connectivity index (χ2n) is 8.46. The number of hydrogen-bond donors (Lipinski definition) is 2. The molecule has 0 bridgehead atoms. The summed E-state index contributed by atoms with van der Waals surface area (Å²) in [4.78, 5) is 34.4. The third-order valence-corrected chi connectivity index (χ3v) is 6.92. The molecule has 0 fully saturated rings. The fourth-order valence-electron chi connectivity index (χ4n) is 4.07. The Balaban J connectivity index is 1.49. The number of carbonyl (C=O) groups excluding carboxylic acids is 1. The molecule has 188 valence electrons. The molecule has 38 heavy (non-hydrogen) atoms. The number of methoxy groups -OCH3 is 1. The first-order valence-electron chi connectivity index (χ1n) is 11.8. The van der Waals surface area contributed by atoms with Gasteiger partial charge in [0.1, 0.15) is 16.8 Å². The molecule has 0 aliphatic carbocycles. The molecule has 0 saturated heterocycles. The number of aromatic amines is 1. The SMILES string of the molecule is COc1cccc(Cn2c(SCC(=O)Nc3ccc(C#N)cc3)nc3c(-c4ccccc4)c[nH]c3c2=O)c1. The summed E-state index contributed by atoms with van der Waals surface area (Å²) in [6, 6.07) is 25.9. The summed E-state index contributed by atoms with van der Waals surface area (Å²) < 4.78 is 6.91. The third kappa shape index (κ3) is 5.31. The van der Waals surface area contributed by atoms with Gasteiger partial charge in [0.2, 0.25) is 5.91 Å². The van der Waals surface area contributed by atoms with E-state index in [-0.39, 0.29) is 23.8 Å². The van der Waals surface area contributed by atoms with E-state index in [1.165, 1.54) is 11.8 Å². The van der Waals surface area contributed by atoms with E-state index in [0.29, 0.717) is 33.2 Å². The summed E-state index contributed by atoms with van der Waals surface area (Å²) in [5.41, 5.74) is 4.44. The zero-order valence-corrected chi connectivity index (χ0v) is 21.3. The minimum atomic E-state index is -0.251. The van der Waals surface area contributed by atoms with E-state index in [1.54, 1.807) is 42.1 Å². The molecule has 0 aliphatic heterocycles. The van der Waals surface area contributed by atoms with Crippen molar-refractivity contribution in [3.63, 3.8) is 0 Å². The molecular formula is C29H23N5O3S. The number of thioether (sulfide) groups is 1. The summed E-state index contributed by atoms with van der Waals surface area (Å²) in [5.74, 6) is 0.479. The van der Waals surface area contributed by atoms with Crippen molar-refractivity contribution in [1.82, 2.24) is 14.5 Å².